The maximum absolute atomic E-state index is 13.0. The third kappa shape index (κ3) is 4.12. The van der Waals surface area contributed by atoms with Crippen LogP contribution in [0.25, 0.3) is 0 Å². The highest BCUT2D eigenvalue weighted by atomic mass is 35.5. The number of aliphatic hydroxyl groups excluding tert-OH is 1. The standard InChI is InChI=1S/C17H21FN2O3.ClH/c18-13-5-3-11(4-6-13)16(22)12-2-1-7-20(10-12)17(23)15-8-14(21)9-19-15;/h3-6,12,14-15,19,21H,1-2,7-10H2;1H. The van der Waals surface area contributed by atoms with Gasteiger partial charge in [-0.2, -0.15) is 0 Å². The van der Waals surface area contributed by atoms with Gasteiger partial charge in [-0.1, -0.05) is 0 Å². The van der Waals surface area contributed by atoms with E-state index in [9.17, 15) is 19.1 Å². The summed E-state index contributed by atoms with van der Waals surface area (Å²) in [5.41, 5.74) is 0.486. The van der Waals surface area contributed by atoms with Crippen LogP contribution in [0.3, 0.4) is 0 Å². The van der Waals surface area contributed by atoms with Crippen molar-refractivity contribution in [2.45, 2.75) is 31.4 Å². The Bertz CT molecular complexity index is 596. The highest BCUT2D eigenvalue weighted by Gasteiger charge is 2.35. The molecule has 7 heteroatoms. The SMILES string of the molecule is Cl.O=C(c1ccc(F)cc1)C1CCCN(C(=O)C2CC(O)CN2)C1. The van der Waals surface area contributed by atoms with Gasteiger partial charge in [0.1, 0.15) is 5.82 Å². The molecule has 3 unspecified atom stereocenters. The van der Waals surface area contributed by atoms with Crippen LogP contribution in [-0.2, 0) is 4.79 Å². The number of amides is 1. The number of hydrogen-bond acceptors (Lipinski definition) is 4. The zero-order valence-electron chi connectivity index (χ0n) is 13.3. The molecule has 1 aromatic rings. The molecular weight excluding hydrogens is 335 g/mol. The molecule has 3 atom stereocenters. The lowest BCUT2D eigenvalue weighted by Crippen LogP contribution is -2.49. The maximum Gasteiger partial charge on any atom is 0.239 e. The number of halogens is 2. The molecule has 0 saturated carbocycles. The van der Waals surface area contributed by atoms with Crippen molar-refractivity contribution in [3.63, 3.8) is 0 Å². The number of piperidine rings is 1. The minimum absolute atomic E-state index is 0. The summed E-state index contributed by atoms with van der Waals surface area (Å²) < 4.78 is 13.0. The summed E-state index contributed by atoms with van der Waals surface area (Å²) >= 11 is 0. The summed E-state index contributed by atoms with van der Waals surface area (Å²) in [5, 5.41) is 12.6. The Balaban J connectivity index is 0.00000208. The van der Waals surface area contributed by atoms with Crippen molar-refractivity contribution in [1.82, 2.24) is 10.2 Å². The number of ketones is 1. The van der Waals surface area contributed by atoms with E-state index in [2.05, 4.69) is 5.32 Å². The van der Waals surface area contributed by atoms with Crippen molar-refractivity contribution in [3.05, 3.63) is 35.6 Å². The Morgan fingerprint density at radius 1 is 1.25 bits per heavy atom. The fraction of sp³-hybridized carbons (Fsp3) is 0.529. The molecule has 2 fully saturated rings. The highest BCUT2D eigenvalue weighted by Crippen LogP contribution is 2.23. The monoisotopic (exact) mass is 356 g/mol. The summed E-state index contributed by atoms with van der Waals surface area (Å²) in [6.07, 6.45) is 1.45. The fourth-order valence-corrected chi connectivity index (χ4v) is 3.37. The van der Waals surface area contributed by atoms with Crippen molar-refractivity contribution in [2.24, 2.45) is 5.92 Å². The van der Waals surface area contributed by atoms with E-state index in [4.69, 9.17) is 0 Å². The average molecular weight is 357 g/mol. The Hall–Kier alpha value is -1.50. The molecule has 0 spiro atoms. The predicted octanol–water partition coefficient (Wildman–Crippen LogP) is 1.39. The zero-order chi connectivity index (χ0) is 16.4. The van der Waals surface area contributed by atoms with E-state index in [-0.39, 0.29) is 41.9 Å². The normalized spacial score (nSPS) is 26.8. The molecule has 2 heterocycles. The van der Waals surface area contributed by atoms with Gasteiger partial charge >= 0.3 is 0 Å². The van der Waals surface area contributed by atoms with Gasteiger partial charge in [-0.15, -0.1) is 12.4 Å². The molecular formula is C17H22ClFN2O3. The summed E-state index contributed by atoms with van der Waals surface area (Å²) in [7, 11) is 0. The number of Topliss-reactive ketones (excluding diaryl/α,β-unsaturated/α-hetero) is 1. The Kier molecular flexibility index (Phi) is 6.32. The Labute approximate surface area is 146 Å². The molecule has 2 saturated heterocycles. The van der Waals surface area contributed by atoms with Gasteiger partial charge in [-0.05, 0) is 43.5 Å². The molecule has 0 aromatic heterocycles. The second-order valence-electron chi connectivity index (χ2n) is 6.34. The van der Waals surface area contributed by atoms with Crippen LogP contribution in [0.5, 0.6) is 0 Å². The van der Waals surface area contributed by atoms with Crippen LogP contribution in [0, 0.1) is 11.7 Å². The Morgan fingerprint density at radius 2 is 1.96 bits per heavy atom. The lowest BCUT2D eigenvalue weighted by Gasteiger charge is -2.33. The van der Waals surface area contributed by atoms with Gasteiger partial charge in [0.05, 0.1) is 12.1 Å². The number of likely N-dealkylation sites (tertiary alicyclic amines) is 1. The number of benzene rings is 1. The number of aliphatic hydroxyl groups is 1. The summed E-state index contributed by atoms with van der Waals surface area (Å²) in [6, 6.07) is 5.19. The lowest BCUT2D eigenvalue weighted by molar-refractivity contribution is -0.134. The lowest BCUT2D eigenvalue weighted by atomic mass is 9.89. The van der Waals surface area contributed by atoms with Crippen LogP contribution >= 0.6 is 12.4 Å². The molecule has 1 aromatic carbocycles. The summed E-state index contributed by atoms with van der Waals surface area (Å²) in [4.78, 5) is 26.7. The molecule has 132 valence electrons. The first-order valence-corrected chi connectivity index (χ1v) is 8.04. The van der Waals surface area contributed by atoms with Crippen molar-refractivity contribution in [2.75, 3.05) is 19.6 Å². The molecule has 3 rings (SSSR count). The smallest absolute Gasteiger partial charge is 0.239 e. The molecule has 0 bridgehead atoms. The van der Waals surface area contributed by atoms with E-state index in [1.165, 1.54) is 24.3 Å². The van der Waals surface area contributed by atoms with Crippen LogP contribution in [0.15, 0.2) is 24.3 Å². The highest BCUT2D eigenvalue weighted by molar-refractivity contribution is 5.98. The number of β-amino-alcohol motifs (C(OH)–C–C–N with tert-alkyl or cyclic N) is 1. The number of carbonyl (C=O) groups is 2. The van der Waals surface area contributed by atoms with E-state index in [0.29, 0.717) is 31.6 Å². The third-order valence-corrected chi connectivity index (χ3v) is 4.64. The number of nitrogens with one attached hydrogen (secondary N) is 1. The van der Waals surface area contributed by atoms with Crippen molar-refractivity contribution in [1.29, 1.82) is 0 Å². The van der Waals surface area contributed by atoms with E-state index in [1.54, 1.807) is 4.90 Å². The number of hydrogen-bond donors (Lipinski definition) is 2. The van der Waals surface area contributed by atoms with Crippen LogP contribution in [0.4, 0.5) is 4.39 Å². The first-order valence-electron chi connectivity index (χ1n) is 8.04. The van der Waals surface area contributed by atoms with Crippen molar-refractivity contribution in [3.8, 4) is 0 Å². The second kappa shape index (κ2) is 8.05. The maximum atomic E-state index is 13.0. The van der Waals surface area contributed by atoms with Crippen molar-refractivity contribution < 1.29 is 19.1 Å². The second-order valence-corrected chi connectivity index (χ2v) is 6.34. The topological polar surface area (TPSA) is 69.6 Å². The van der Waals surface area contributed by atoms with Gasteiger partial charge < -0.3 is 15.3 Å². The predicted molar refractivity (Wildman–Crippen MR) is 89.7 cm³/mol. The minimum atomic E-state index is -0.481. The first kappa shape index (κ1) is 18.8. The molecule has 2 aliphatic rings. The number of nitrogens with zero attached hydrogens (tertiary/aromatic N) is 1. The molecule has 2 N–H and O–H groups in total. The summed E-state index contributed by atoms with van der Waals surface area (Å²) in [6.45, 7) is 1.46. The van der Waals surface area contributed by atoms with Crippen LogP contribution in [-0.4, -0.2) is 53.5 Å². The molecule has 0 aliphatic carbocycles. The molecule has 0 radical (unpaired) electrons. The van der Waals surface area contributed by atoms with Crippen LogP contribution in [0.1, 0.15) is 29.6 Å². The van der Waals surface area contributed by atoms with Crippen LogP contribution < -0.4 is 5.32 Å². The molecule has 2 aliphatic heterocycles. The van der Waals surface area contributed by atoms with Gasteiger partial charge in [0.15, 0.2) is 5.78 Å². The first-order chi connectivity index (χ1) is 11.0. The van der Waals surface area contributed by atoms with E-state index >= 15 is 0 Å². The van der Waals surface area contributed by atoms with Crippen molar-refractivity contribution >= 4 is 24.1 Å². The minimum Gasteiger partial charge on any atom is -0.392 e. The van der Waals surface area contributed by atoms with Gasteiger partial charge in [0.25, 0.3) is 0 Å². The van der Waals surface area contributed by atoms with Crippen LogP contribution in [0.2, 0.25) is 0 Å². The quantitative estimate of drug-likeness (QED) is 0.803. The van der Waals surface area contributed by atoms with E-state index in [0.717, 1.165) is 12.8 Å². The Morgan fingerprint density at radius 3 is 2.58 bits per heavy atom. The zero-order valence-corrected chi connectivity index (χ0v) is 14.1. The summed E-state index contributed by atoms with van der Waals surface area (Å²) in [5.74, 6) is -0.697. The fourth-order valence-electron chi connectivity index (χ4n) is 3.37. The number of rotatable bonds is 3. The molecule has 1 amide bonds. The largest absolute Gasteiger partial charge is 0.392 e. The van der Waals surface area contributed by atoms with E-state index in [1.807, 2.05) is 0 Å². The molecule has 24 heavy (non-hydrogen) atoms. The average Bonchev–Trinajstić information content (AvgIpc) is 3.01. The molecule has 5 nitrogen and oxygen atoms in total. The van der Waals surface area contributed by atoms with Gasteiger partial charge in [0.2, 0.25) is 5.91 Å². The van der Waals surface area contributed by atoms with Gasteiger partial charge in [-0.25, -0.2) is 4.39 Å². The van der Waals surface area contributed by atoms with Gasteiger partial charge in [-0.3, -0.25) is 9.59 Å². The third-order valence-electron chi connectivity index (χ3n) is 4.64. The number of carbonyl (C=O) groups excluding carboxylic acids is 2. The van der Waals surface area contributed by atoms with E-state index < -0.39 is 6.10 Å². The van der Waals surface area contributed by atoms with Gasteiger partial charge in [0, 0.05) is 31.1 Å².